The summed E-state index contributed by atoms with van der Waals surface area (Å²) in [6.07, 6.45) is 15.8. The van der Waals surface area contributed by atoms with Crippen molar-refractivity contribution >= 4 is 10.0 Å². The minimum absolute atomic E-state index is 0.255. The number of rotatable bonds is 9. The van der Waals surface area contributed by atoms with Crippen LogP contribution in [0.5, 0.6) is 0 Å². The molecule has 0 amide bonds. The lowest BCUT2D eigenvalue weighted by Crippen LogP contribution is -2.36. The highest BCUT2D eigenvalue weighted by Crippen LogP contribution is 2.35. The van der Waals surface area contributed by atoms with Gasteiger partial charge in [0.15, 0.2) is 0 Å². The van der Waals surface area contributed by atoms with Gasteiger partial charge in [0, 0.05) is 13.1 Å². The van der Waals surface area contributed by atoms with Crippen LogP contribution in [0.1, 0.15) is 38.5 Å². The van der Waals surface area contributed by atoms with Crippen LogP contribution >= 0.6 is 10.0 Å². The van der Waals surface area contributed by atoms with E-state index in [0.29, 0.717) is 0 Å². The van der Waals surface area contributed by atoms with Crippen molar-refractivity contribution in [1.29, 1.82) is 0 Å². The molecule has 3 heteroatoms. The molecule has 1 aliphatic heterocycles. The second-order valence-electron chi connectivity index (χ2n) is 6.37. The first-order chi connectivity index (χ1) is 8.58. The van der Waals surface area contributed by atoms with Crippen LogP contribution in [0.3, 0.4) is 0 Å². The quantitative estimate of drug-likeness (QED) is 0.598. The maximum atomic E-state index is 5.36. The van der Waals surface area contributed by atoms with Crippen molar-refractivity contribution in [2.24, 2.45) is 0 Å². The highest BCUT2D eigenvalue weighted by molar-refractivity contribution is 8.32. The molecule has 0 saturated carbocycles. The Balaban J connectivity index is 1.81. The lowest BCUT2D eigenvalue weighted by atomic mass is 10.1. The van der Waals surface area contributed by atoms with E-state index in [4.69, 9.17) is 4.74 Å². The molecule has 0 spiro atoms. The molecule has 0 aliphatic carbocycles. The third-order valence-electron chi connectivity index (χ3n) is 3.58. The Hall–Kier alpha value is 0.270. The van der Waals surface area contributed by atoms with E-state index in [9.17, 15) is 0 Å². The molecular formula is C15H33NOS. The van der Waals surface area contributed by atoms with Gasteiger partial charge in [0.1, 0.15) is 0 Å². The number of hydrogen-bond acceptors (Lipinski definition) is 2. The molecule has 0 bridgehead atoms. The van der Waals surface area contributed by atoms with E-state index >= 15 is 0 Å². The zero-order chi connectivity index (χ0) is 13.3. The van der Waals surface area contributed by atoms with Gasteiger partial charge in [0.25, 0.3) is 0 Å². The van der Waals surface area contributed by atoms with Crippen LogP contribution in [0.15, 0.2) is 0 Å². The average Bonchev–Trinajstić information content (AvgIpc) is 2.32. The fraction of sp³-hybridized carbons (Fsp3) is 1.00. The number of ether oxygens (including phenoxy) is 1. The molecule has 110 valence electrons. The summed E-state index contributed by atoms with van der Waals surface area (Å²) in [4.78, 5) is 2.55. The molecule has 0 N–H and O–H groups in total. The monoisotopic (exact) mass is 275 g/mol. The van der Waals surface area contributed by atoms with Crippen LogP contribution in [0.2, 0.25) is 0 Å². The number of nitrogens with zero attached hydrogens (tertiary/aromatic N) is 1. The van der Waals surface area contributed by atoms with E-state index in [2.05, 4.69) is 23.7 Å². The van der Waals surface area contributed by atoms with Gasteiger partial charge in [-0.05, 0) is 43.9 Å². The third kappa shape index (κ3) is 9.23. The Bertz CT molecular complexity index is 197. The van der Waals surface area contributed by atoms with Crippen molar-refractivity contribution in [2.45, 2.75) is 38.5 Å². The fourth-order valence-electron chi connectivity index (χ4n) is 2.40. The summed E-state index contributed by atoms with van der Waals surface area (Å²) in [6.45, 7) is 5.46. The Morgan fingerprint density at radius 2 is 1.39 bits per heavy atom. The number of hydrogen-bond donors (Lipinski definition) is 0. The molecule has 2 nitrogen and oxygen atoms in total. The first kappa shape index (κ1) is 16.3. The van der Waals surface area contributed by atoms with Gasteiger partial charge in [-0.25, -0.2) is 10.0 Å². The van der Waals surface area contributed by atoms with Gasteiger partial charge in [-0.2, -0.15) is 0 Å². The van der Waals surface area contributed by atoms with Gasteiger partial charge in [-0.3, -0.25) is 4.90 Å². The molecule has 0 radical (unpaired) electrons. The zero-order valence-corrected chi connectivity index (χ0v) is 13.6. The van der Waals surface area contributed by atoms with Gasteiger partial charge in [0.05, 0.1) is 13.2 Å². The van der Waals surface area contributed by atoms with Crippen LogP contribution < -0.4 is 0 Å². The predicted molar refractivity (Wildman–Crippen MR) is 85.2 cm³/mol. The topological polar surface area (TPSA) is 12.5 Å². The summed E-state index contributed by atoms with van der Waals surface area (Å²) in [5.41, 5.74) is 0. The summed E-state index contributed by atoms with van der Waals surface area (Å²) < 4.78 is 5.36. The summed E-state index contributed by atoms with van der Waals surface area (Å²) in [7, 11) is -0.255. The Morgan fingerprint density at radius 1 is 0.833 bits per heavy atom. The van der Waals surface area contributed by atoms with E-state index in [-0.39, 0.29) is 10.0 Å². The highest BCUT2D eigenvalue weighted by Gasteiger charge is 2.08. The molecule has 1 fully saturated rings. The summed E-state index contributed by atoms with van der Waals surface area (Å²) in [6, 6.07) is 0. The maximum Gasteiger partial charge on any atom is 0.0594 e. The molecular weight excluding hydrogens is 242 g/mol. The van der Waals surface area contributed by atoms with E-state index in [1.807, 2.05) is 0 Å². The van der Waals surface area contributed by atoms with Crippen molar-refractivity contribution in [3.05, 3.63) is 0 Å². The standard InChI is InChI=1S/C15H33NOS/c1-18(2,3)15-9-7-5-4-6-8-10-16-11-13-17-14-12-16/h4-15H2,1-3H3. The summed E-state index contributed by atoms with van der Waals surface area (Å²) >= 11 is 0. The van der Waals surface area contributed by atoms with E-state index in [0.717, 1.165) is 26.3 Å². The molecule has 1 heterocycles. The van der Waals surface area contributed by atoms with Crippen LogP contribution in [0, 0.1) is 0 Å². The van der Waals surface area contributed by atoms with Crippen molar-refractivity contribution in [3.63, 3.8) is 0 Å². The molecule has 0 aromatic carbocycles. The first-order valence-corrected chi connectivity index (χ1v) is 10.6. The molecule has 0 atom stereocenters. The minimum atomic E-state index is -0.255. The molecule has 0 aromatic heterocycles. The van der Waals surface area contributed by atoms with Gasteiger partial charge in [-0.15, -0.1) is 0 Å². The first-order valence-electron chi connectivity index (χ1n) is 7.54. The van der Waals surface area contributed by atoms with Crippen LogP contribution in [-0.4, -0.2) is 62.3 Å². The second-order valence-corrected chi connectivity index (χ2v) is 11.0. The zero-order valence-electron chi connectivity index (χ0n) is 12.7. The average molecular weight is 276 g/mol. The second kappa shape index (κ2) is 9.22. The van der Waals surface area contributed by atoms with Crippen LogP contribution in [0.25, 0.3) is 0 Å². The normalized spacial score (nSPS) is 19.1. The van der Waals surface area contributed by atoms with Crippen molar-refractivity contribution < 1.29 is 4.74 Å². The van der Waals surface area contributed by atoms with E-state index < -0.39 is 0 Å². The molecule has 1 aliphatic rings. The Labute approximate surface area is 116 Å². The molecule has 1 saturated heterocycles. The van der Waals surface area contributed by atoms with Crippen LogP contribution in [0.4, 0.5) is 0 Å². The molecule has 0 unspecified atom stereocenters. The van der Waals surface area contributed by atoms with Crippen LogP contribution in [-0.2, 0) is 4.74 Å². The lowest BCUT2D eigenvalue weighted by molar-refractivity contribution is 0.0371. The SMILES string of the molecule is CS(C)(C)CCCCCCCCN1CCOCC1. The molecule has 0 aromatic rings. The van der Waals surface area contributed by atoms with Gasteiger partial charge in [-0.1, -0.05) is 25.7 Å². The number of unbranched alkanes of at least 4 members (excludes halogenated alkanes) is 5. The summed E-state index contributed by atoms with van der Waals surface area (Å²) in [5.74, 6) is 1.46. The maximum absolute atomic E-state index is 5.36. The molecule has 18 heavy (non-hydrogen) atoms. The molecule has 1 rings (SSSR count). The Kier molecular flexibility index (Phi) is 8.36. The highest BCUT2D eigenvalue weighted by atomic mass is 32.3. The minimum Gasteiger partial charge on any atom is -0.379 e. The Morgan fingerprint density at radius 3 is 2.00 bits per heavy atom. The smallest absolute Gasteiger partial charge is 0.0594 e. The summed E-state index contributed by atoms with van der Waals surface area (Å²) in [5, 5.41) is 0. The van der Waals surface area contributed by atoms with E-state index in [1.165, 1.54) is 50.8 Å². The van der Waals surface area contributed by atoms with Crippen molar-refractivity contribution in [1.82, 2.24) is 4.90 Å². The van der Waals surface area contributed by atoms with E-state index in [1.54, 1.807) is 0 Å². The van der Waals surface area contributed by atoms with Crippen molar-refractivity contribution in [3.8, 4) is 0 Å². The predicted octanol–water partition coefficient (Wildman–Crippen LogP) is 3.35. The van der Waals surface area contributed by atoms with Crippen molar-refractivity contribution in [2.75, 3.05) is 57.4 Å². The third-order valence-corrected chi connectivity index (χ3v) is 5.10. The van der Waals surface area contributed by atoms with Gasteiger partial charge < -0.3 is 4.74 Å². The van der Waals surface area contributed by atoms with Gasteiger partial charge >= 0.3 is 0 Å². The largest absolute Gasteiger partial charge is 0.379 e. The lowest BCUT2D eigenvalue weighted by Gasteiger charge is -2.26. The fourth-order valence-corrected chi connectivity index (χ4v) is 3.47. The number of morpholine rings is 1. The van der Waals surface area contributed by atoms with Gasteiger partial charge in [0.2, 0.25) is 0 Å².